The van der Waals surface area contributed by atoms with Gasteiger partial charge in [0, 0.05) is 0 Å². The van der Waals surface area contributed by atoms with Gasteiger partial charge in [-0.15, -0.1) is 0 Å². The lowest BCUT2D eigenvalue weighted by Gasteiger charge is -2.24. The van der Waals surface area contributed by atoms with E-state index in [9.17, 15) is 9.90 Å². The van der Waals surface area contributed by atoms with Crippen molar-refractivity contribution in [2.24, 2.45) is 11.3 Å². The third-order valence-electron chi connectivity index (χ3n) is 3.99. The molecule has 2 atom stereocenters. The Morgan fingerprint density at radius 1 is 1.56 bits per heavy atom. The molecule has 1 N–H and O–H groups in total. The zero-order valence-electron chi connectivity index (χ0n) is 11.0. The maximum atomic E-state index is 11.6. The minimum Gasteiger partial charge on any atom is -0.497 e. The largest absolute Gasteiger partial charge is 0.497 e. The lowest BCUT2D eigenvalue weighted by molar-refractivity contribution is -0.148. The van der Waals surface area contributed by atoms with Crippen LogP contribution in [0.1, 0.15) is 31.7 Å². The van der Waals surface area contributed by atoms with E-state index in [1.54, 1.807) is 7.11 Å². The number of carboxylic acid groups (broad SMARTS) is 1. The summed E-state index contributed by atoms with van der Waals surface area (Å²) in [7, 11) is 1.63. The van der Waals surface area contributed by atoms with Gasteiger partial charge in [0.1, 0.15) is 5.75 Å². The molecule has 1 aromatic rings. The van der Waals surface area contributed by atoms with E-state index >= 15 is 0 Å². The van der Waals surface area contributed by atoms with E-state index < -0.39 is 11.4 Å². The van der Waals surface area contributed by atoms with Crippen molar-refractivity contribution in [1.82, 2.24) is 0 Å². The van der Waals surface area contributed by atoms with Crippen molar-refractivity contribution in [3.8, 4) is 5.75 Å². The lowest BCUT2D eigenvalue weighted by atomic mass is 9.79. The van der Waals surface area contributed by atoms with Crippen LogP contribution < -0.4 is 4.74 Å². The summed E-state index contributed by atoms with van der Waals surface area (Å²) in [6.45, 7) is 2.14. The first-order valence-corrected chi connectivity index (χ1v) is 6.42. The number of hydrogen-bond donors (Lipinski definition) is 1. The van der Waals surface area contributed by atoms with Crippen LogP contribution in [0.4, 0.5) is 0 Å². The minimum atomic E-state index is -0.658. The summed E-state index contributed by atoms with van der Waals surface area (Å²) in [6.07, 6.45) is 3.17. The topological polar surface area (TPSA) is 46.5 Å². The van der Waals surface area contributed by atoms with Crippen LogP contribution in [0.15, 0.2) is 24.3 Å². The standard InChI is InChI=1S/C15H20O3/c1-11-6-7-15(9-11,14(16)17)10-12-4-3-5-13(8-12)18-2/h3-5,8,11H,6-7,9-10H2,1-2H3,(H,16,17). The molecule has 0 amide bonds. The van der Waals surface area contributed by atoms with Gasteiger partial charge < -0.3 is 9.84 Å². The molecule has 0 radical (unpaired) electrons. The van der Waals surface area contributed by atoms with Crippen LogP contribution in [0.2, 0.25) is 0 Å². The molecule has 3 nitrogen and oxygen atoms in total. The van der Waals surface area contributed by atoms with Crippen molar-refractivity contribution in [2.45, 2.75) is 32.6 Å². The van der Waals surface area contributed by atoms with Crippen LogP contribution in [0.25, 0.3) is 0 Å². The molecule has 3 heteroatoms. The molecule has 1 aliphatic carbocycles. The quantitative estimate of drug-likeness (QED) is 0.890. The van der Waals surface area contributed by atoms with Gasteiger partial charge in [-0.05, 0) is 49.3 Å². The fraction of sp³-hybridized carbons (Fsp3) is 0.533. The number of benzene rings is 1. The summed E-state index contributed by atoms with van der Waals surface area (Å²) in [4.78, 5) is 11.6. The highest BCUT2D eigenvalue weighted by Gasteiger charge is 2.44. The summed E-state index contributed by atoms with van der Waals surface area (Å²) >= 11 is 0. The first-order valence-electron chi connectivity index (χ1n) is 6.42. The monoisotopic (exact) mass is 248 g/mol. The Balaban J connectivity index is 2.21. The Kier molecular flexibility index (Phi) is 3.60. The molecule has 18 heavy (non-hydrogen) atoms. The molecule has 0 bridgehead atoms. The number of hydrogen-bond acceptors (Lipinski definition) is 2. The van der Waals surface area contributed by atoms with Crippen LogP contribution in [-0.4, -0.2) is 18.2 Å². The number of ether oxygens (including phenoxy) is 1. The van der Waals surface area contributed by atoms with Gasteiger partial charge in [0.05, 0.1) is 12.5 Å². The summed E-state index contributed by atoms with van der Waals surface area (Å²) < 4.78 is 5.19. The van der Waals surface area contributed by atoms with Crippen LogP contribution in [0.5, 0.6) is 5.75 Å². The van der Waals surface area contributed by atoms with Crippen molar-refractivity contribution in [3.63, 3.8) is 0 Å². The molecular weight excluding hydrogens is 228 g/mol. The van der Waals surface area contributed by atoms with E-state index in [1.165, 1.54) is 0 Å². The van der Waals surface area contributed by atoms with Crippen LogP contribution in [-0.2, 0) is 11.2 Å². The molecule has 0 aliphatic heterocycles. The van der Waals surface area contributed by atoms with Crippen molar-refractivity contribution in [1.29, 1.82) is 0 Å². The second-order valence-corrected chi connectivity index (χ2v) is 5.46. The van der Waals surface area contributed by atoms with E-state index in [4.69, 9.17) is 4.74 Å². The molecule has 2 rings (SSSR count). The maximum Gasteiger partial charge on any atom is 0.309 e. The summed E-state index contributed by atoms with van der Waals surface area (Å²) in [5.41, 5.74) is 0.469. The smallest absolute Gasteiger partial charge is 0.309 e. The van der Waals surface area contributed by atoms with Crippen LogP contribution in [0.3, 0.4) is 0 Å². The minimum absolute atomic E-state index is 0.506. The highest BCUT2D eigenvalue weighted by molar-refractivity contribution is 5.75. The molecule has 1 fully saturated rings. The average molecular weight is 248 g/mol. The molecular formula is C15H20O3. The number of methoxy groups -OCH3 is 1. The van der Waals surface area contributed by atoms with Crippen molar-refractivity contribution >= 4 is 5.97 Å². The zero-order chi connectivity index (χ0) is 13.2. The fourth-order valence-electron chi connectivity index (χ4n) is 3.00. The normalized spacial score (nSPS) is 27.1. The van der Waals surface area contributed by atoms with Crippen molar-refractivity contribution in [2.75, 3.05) is 7.11 Å². The van der Waals surface area contributed by atoms with Gasteiger partial charge in [0.15, 0.2) is 0 Å². The van der Waals surface area contributed by atoms with E-state index in [1.807, 2.05) is 24.3 Å². The Labute approximate surface area is 108 Å². The van der Waals surface area contributed by atoms with Gasteiger partial charge >= 0.3 is 5.97 Å². The van der Waals surface area contributed by atoms with E-state index in [0.717, 1.165) is 30.6 Å². The molecule has 0 saturated heterocycles. The second kappa shape index (κ2) is 5.01. The second-order valence-electron chi connectivity index (χ2n) is 5.46. The predicted octanol–water partition coefficient (Wildman–Crippen LogP) is 3.13. The van der Waals surface area contributed by atoms with Crippen LogP contribution in [0, 0.1) is 11.3 Å². The van der Waals surface area contributed by atoms with Crippen molar-refractivity contribution < 1.29 is 14.6 Å². The Morgan fingerprint density at radius 3 is 2.89 bits per heavy atom. The van der Waals surface area contributed by atoms with E-state index in [0.29, 0.717) is 12.3 Å². The van der Waals surface area contributed by atoms with Gasteiger partial charge in [-0.2, -0.15) is 0 Å². The Morgan fingerprint density at radius 2 is 2.33 bits per heavy atom. The van der Waals surface area contributed by atoms with Crippen LogP contribution >= 0.6 is 0 Å². The third-order valence-corrected chi connectivity index (χ3v) is 3.99. The molecule has 0 heterocycles. The number of carbonyl (C=O) groups is 1. The maximum absolute atomic E-state index is 11.6. The number of carboxylic acids is 1. The highest BCUT2D eigenvalue weighted by atomic mass is 16.5. The average Bonchev–Trinajstić information content (AvgIpc) is 2.72. The van der Waals surface area contributed by atoms with E-state index in [2.05, 4.69) is 6.92 Å². The Hall–Kier alpha value is -1.51. The molecule has 2 unspecified atom stereocenters. The summed E-state index contributed by atoms with van der Waals surface area (Å²) in [5, 5.41) is 9.54. The molecule has 1 aromatic carbocycles. The van der Waals surface area contributed by atoms with Gasteiger partial charge in [-0.25, -0.2) is 0 Å². The molecule has 1 aliphatic rings. The lowest BCUT2D eigenvalue weighted by Crippen LogP contribution is -2.30. The molecule has 0 aromatic heterocycles. The van der Waals surface area contributed by atoms with Gasteiger partial charge in [0.25, 0.3) is 0 Å². The Bertz CT molecular complexity index is 441. The molecule has 98 valence electrons. The van der Waals surface area contributed by atoms with E-state index in [-0.39, 0.29) is 0 Å². The molecule has 0 spiro atoms. The van der Waals surface area contributed by atoms with Gasteiger partial charge in [0.2, 0.25) is 0 Å². The zero-order valence-corrected chi connectivity index (χ0v) is 11.0. The number of rotatable bonds is 4. The number of aliphatic carboxylic acids is 1. The summed E-state index contributed by atoms with van der Waals surface area (Å²) in [5.74, 6) is 0.639. The van der Waals surface area contributed by atoms with Crippen molar-refractivity contribution in [3.05, 3.63) is 29.8 Å². The first-order chi connectivity index (χ1) is 8.55. The SMILES string of the molecule is COc1cccc(CC2(C(=O)O)CCC(C)C2)c1. The predicted molar refractivity (Wildman–Crippen MR) is 69.8 cm³/mol. The summed E-state index contributed by atoms with van der Waals surface area (Å²) in [6, 6.07) is 7.72. The van der Waals surface area contributed by atoms with Gasteiger partial charge in [-0.1, -0.05) is 19.1 Å². The van der Waals surface area contributed by atoms with Gasteiger partial charge in [-0.3, -0.25) is 4.79 Å². The molecule has 1 saturated carbocycles. The first kappa shape index (κ1) is 12.9. The highest BCUT2D eigenvalue weighted by Crippen LogP contribution is 2.44. The third kappa shape index (κ3) is 2.50. The fourth-order valence-corrected chi connectivity index (χ4v) is 3.00.